The molecule has 1 aromatic rings. The lowest BCUT2D eigenvalue weighted by Crippen LogP contribution is -2.38. The number of amides is 1. The van der Waals surface area contributed by atoms with Crippen molar-refractivity contribution < 1.29 is 14.7 Å². The van der Waals surface area contributed by atoms with E-state index in [0.29, 0.717) is 18.7 Å². The molecule has 0 aliphatic rings. The first kappa shape index (κ1) is 12.6. The number of hydrogen-bond acceptors (Lipinski definition) is 4. The highest BCUT2D eigenvalue weighted by atomic mass is 32.1. The standard InChI is InChI=1S/C10H14N2O3S/c1-3-4-12(7(2)13)9(10(14)15)8-5-16-6-11-8/h5-6,9H,3-4H2,1-2H3,(H,14,15). The lowest BCUT2D eigenvalue weighted by atomic mass is 10.2. The van der Waals surface area contributed by atoms with Gasteiger partial charge in [-0.25, -0.2) is 9.78 Å². The van der Waals surface area contributed by atoms with Crippen LogP contribution in [0.15, 0.2) is 10.9 Å². The minimum Gasteiger partial charge on any atom is -0.479 e. The quantitative estimate of drug-likeness (QED) is 0.850. The van der Waals surface area contributed by atoms with Gasteiger partial charge in [-0.3, -0.25) is 4.79 Å². The van der Waals surface area contributed by atoms with Crippen molar-refractivity contribution in [1.29, 1.82) is 0 Å². The van der Waals surface area contributed by atoms with Crippen LogP contribution in [0.2, 0.25) is 0 Å². The molecule has 1 atom stereocenters. The van der Waals surface area contributed by atoms with E-state index >= 15 is 0 Å². The number of carboxylic acid groups (broad SMARTS) is 1. The highest BCUT2D eigenvalue weighted by Crippen LogP contribution is 2.21. The molecule has 0 spiro atoms. The zero-order chi connectivity index (χ0) is 12.1. The van der Waals surface area contributed by atoms with Crippen molar-refractivity contribution in [3.8, 4) is 0 Å². The van der Waals surface area contributed by atoms with E-state index in [1.54, 1.807) is 10.9 Å². The number of carbonyl (C=O) groups excluding carboxylic acids is 1. The first-order valence-corrected chi connectivity index (χ1v) is 5.90. The van der Waals surface area contributed by atoms with Crippen LogP contribution in [0.4, 0.5) is 0 Å². The number of carboxylic acids is 1. The van der Waals surface area contributed by atoms with E-state index in [1.165, 1.54) is 23.2 Å². The molecule has 1 unspecified atom stereocenters. The first-order valence-electron chi connectivity index (χ1n) is 4.96. The predicted octanol–water partition coefficient (Wildman–Crippen LogP) is 1.53. The number of rotatable bonds is 5. The Morgan fingerprint density at radius 2 is 2.31 bits per heavy atom. The third kappa shape index (κ3) is 2.79. The van der Waals surface area contributed by atoms with Gasteiger partial charge in [-0.05, 0) is 6.42 Å². The Bertz CT molecular complexity index is 364. The van der Waals surface area contributed by atoms with E-state index in [-0.39, 0.29) is 5.91 Å². The molecule has 0 aliphatic carbocycles. The number of carbonyl (C=O) groups is 2. The fourth-order valence-corrected chi connectivity index (χ4v) is 2.06. The highest BCUT2D eigenvalue weighted by molar-refractivity contribution is 7.07. The molecular formula is C10H14N2O3S. The molecule has 88 valence electrons. The third-order valence-corrected chi connectivity index (χ3v) is 2.75. The molecule has 1 amide bonds. The molecule has 0 aliphatic heterocycles. The van der Waals surface area contributed by atoms with Gasteiger partial charge in [-0.2, -0.15) is 0 Å². The molecule has 0 bridgehead atoms. The number of thiazole rings is 1. The molecule has 1 N–H and O–H groups in total. The van der Waals surface area contributed by atoms with Crippen LogP contribution in [-0.4, -0.2) is 33.4 Å². The summed E-state index contributed by atoms with van der Waals surface area (Å²) >= 11 is 1.32. The summed E-state index contributed by atoms with van der Waals surface area (Å²) in [5, 5.41) is 10.8. The molecule has 5 nitrogen and oxygen atoms in total. The second kappa shape index (κ2) is 5.60. The Labute approximate surface area is 97.7 Å². The van der Waals surface area contributed by atoms with Gasteiger partial charge in [-0.15, -0.1) is 11.3 Å². The number of hydrogen-bond donors (Lipinski definition) is 1. The summed E-state index contributed by atoms with van der Waals surface area (Å²) in [5.41, 5.74) is 1.98. The van der Waals surface area contributed by atoms with Crippen LogP contribution in [0.3, 0.4) is 0 Å². The summed E-state index contributed by atoms with van der Waals surface area (Å²) in [5.74, 6) is -1.29. The summed E-state index contributed by atoms with van der Waals surface area (Å²) in [6.45, 7) is 3.69. The van der Waals surface area contributed by atoms with Crippen LogP contribution in [-0.2, 0) is 9.59 Å². The minimum atomic E-state index is -1.05. The van der Waals surface area contributed by atoms with Crippen LogP contribution in [0.5, 0.6) is 0 Å². The van der Waals surface area contributed by atoms with Crippen LogP contribution >= 0.6 is 11.3 Å². The Balaban J connectivity index is 3.00. The minimum absolute atomic E-state index is 0.248. The maximum Gasteiger partial charge on any atom is 0.332 e. The molecule has 6 heteroatoms. The normalized spacial score (nSPS) is 12.1. The lowest BCUT2D eigenvalue weighted by Gasteiger charge is -2.26. The average Bonchev–Trinajstić information content (AvgIpc) is 2.69. The monoisotopic (exact) mass is 242 g/mol. The van der Waals surface area contributed by atoms with E-state index in [0.717, 1.165) is 0 Å². The predicted molar refractivity (Wildman–Crippen MR) is 60.2 cm³/mol. The number of nitrogens with zero attached hydrogens (tertiary/aromatic N) is 2. The fourth-order valence-electron chi connectivity index (χ4n) is 1.49. The molecule has 0 saturated heterocycles. The van der Waals surface area contributed by atoms with Gasteiger partial charge in [0.25, 0.3) is 0 Å². The van der Waals surface area contributed by atoms with Gasteiger partial charge in [0.15, 0.2) is 6.04 Å². The molecular weight excluding hydrogens is 228 g/mol. The van der Waals surface area contributed by atoms with Gasteiger partial charge < -0.3 is 10.0 Å². The Morgan fingerprint density at radius 3 is 2.69 bits per heavy atom. The maximum absolute atomic E-state index is 11.4. The molecule has 1 heterocycles. The fraction of sp³-hybridized carbons (Fsp3) is 0.500. The van der Waals surface area contributed by atoms with E-state index < -0.39 is 12.0 Å². The molecule has 0 saturated carbocycles. The zero-order valence-electron chi connectivity index (χ0n) is 9.21. The second-order valence-corrected chi connectivity index (χ2v) is 4.09. The van der Waals surface area contributed by atoms with Crippen molar-refractivity contribution in [1.82, 2.24) is 9.88 Å². The summed E-state index contributed by atoms with van der Waals surface area (Å²) in [6, 6.07) is -0.969. The van der Waals surface area contributed by atoms with Gasteiger partial charge in [-0.1, -0.05) is 6.92 Å². The topological polar surface area (TPSA) is 70.5 Å². The van der Waals surface area contributed by atoms with Gasteiger partial charge in [0.05, 0.1) is 11.2 Å². The summed E-state index contributed by atoms with van der Waals surface area (Å²) in [7, 11) is 0. The first-order chi connectivity index (χ1) is 7.57. The zero-order valence-corrected chi connectivity index (χ0v) is 10.0. The maximum atomic E-state index is 11.4. The van der Waals surface area contributed by atoms with Crippen LogP contribution in [0, 0.1) is 0 Å². The molecule has 16 heavy (non-hydrogen) atoms. The largest absolute Gasteiger partial charge is 0.479 e. The van der Waals surface area contributed by atoms with E-state index in [2.05, 4.69) is 4.98 Å². The van der Waals surface area contributed by atoms with Crippen molar-refractivity contribution in [2.75, 3.05) is 6.54 Å². The van der Waals surface area contributed by atoms with E-state index in [9.17, 15) is 9.59 Å². The van der Waals surface area contributed by atoms with Gasteiger partial charge in [0.2, 0.25) is 5.91 Å². The van der Waals surface area contributed by atoms with Gasteiger partial charge in [0, 0.05) is 18.8 Å². The Hall–Kier alpha value is -1.43. The van der Waals surface area contributed by atoms with Crippen molar-refractivity contribution in [2.24, 2.45) is 0 Å². The molecule has 0 radical (unpaired) electrons. The number of aromatic nitrogens is 1. The SMILES string of the molecule is CCCN(C(C)=O)C(C(=O)O)c1cscn1. The molecule has 0 aromatic carbocycles. The third-order valence-electron chi connectivity index (χ3n) is 2.15. The van der Waals surface area contributed by atoms with Gasteiger partial charge in [0.1, 0.15) is 0 Å². The van der Waals surface area contributed by atoms with Crippen molar-refractivity contribution in [3.05, 3.63) is 16.6 Å². The Morgan fingerprint density at radius 1 is 1.62 bits per heavy atom. The van der Waals surface area contributed by atoms with E-state index in [1.807, 2.05) is 6.92 Å². The highest BCUT2D eigenvalue weighted by Gasteiger charge is 2.30. The van der Waals surface area contributed by atoms with E-state index in [4.69, 9.17) is 5.11 Å². The number of aliphatic carboxylic acids is 1. The smallest absolute Gasteiger partial charge is 0.332 e. The summed E-state index contributed by atoms with van der Waals surface area (Å²) in [4.78, 5) is 27.9. The molecule has 1 aromatic heterocycles. The molecule has 1 rings (SSSR count). The van der Waals surface area contributed by atoms with Crippen molar-refractivity contribution >= 4 is 23.2 Å². The summed E-state index contributed by atoms with van der Waals surface area (Å²) < 4.78 is 0. The lowest BCUT2D eigenvalue weighted by molar-refractivity contribution is -0.150. The van der Waals surface area contributed by atoms with Gasteiger partial charge >= 0.3 is 5.97 Å². The second-order valence-electron chi connectivity index (χ2n) is 3.37. The van der Waals surface area contributed by atoms with Crippen LogP contribution in [0.25, 0.3) is 0 Å². The summed E-state index contributed by atoms with van der Waals surface area (Å²) in [6.07, 6.45) is 0.716. The molecule has 0 fully saturated rings. The van der Waals surface area contributed by atoms with Crippen molar-refractivity contribution in [2.45, 2.75) is 26.3 Å². The average molecular weight is 242 g/mol. The van der Waals surface area contributed by atoms with Crippen LogP contribution in [0.1, 0.15) is 32.0 Å². The van der Waals surface area contributed by atoms with Crippen molar-refractivity contribution in [3.63, 3.8) is 0 Å². The van der Waals surface area contributed by atoms with Crippen LogP contribution < -0.4 is 0 Å². The Kier molecular flexibility index (Phi) is 4.42.